The van der Waals surface area contributed by atoms with Crippen molar-refractivity contribution in [2.24, 2.45) is 11.7 Å². The van der Waals surface area contributed by atoms with E-state index in [1.54, 1.807) is 6.07 Å². The van der Waals surface area contributed by atoms with Gasteiger partial charge in [0.15, 0.2) is 0 Å². The van der Waals surface area contributed by atoms with Gasteiger partial charge in [-0.3, -0.25) is 0 Å². The van der Waals surface area contributed by atoms with Crippen molar-refractivity contribution in [1.82, 2.24) is 0 Å². The lowest BCUT2D eigenvalue weighted by Crippen LogP contribution is -2.10. The minimum atomic E-state index is -0.0443. The van der Waals surface area contributed by atoms with Crippen molar-refractivity contribution in [2.45, 2.75) is 25.5 Å². The molecule has 3 N–H and O–H groups in total. The number of hydrogen-bond donors (Lipinski definition) is 2. The van der Waals surface area contributed by atoms with Crippen molar-refractivity contribution in [1.29, 1.82) is 0 Å². The van der Waals surface area contributed by atoms with E-state index < -0.39 is 0 Å². The SMILES string of the molecule is Cl.N[C@@H](c1ccc(CO)o1)C1CC1. The molecule has 0 aromatic carbocycles. The van der Waals surface area contributed by atoms with E-state index in [2.05, 4.69) is 0 Å². The number of nitrogens with two attached hydrogens (primary N) is 1. The van der Waals surface area contributed by atoms with Crippen molar-refractivity contribution in [3.8, 4) is 0 Å². The van der Waals surface area contributed by atoms with E-state index in [1.165, 1.54) is 12.8 Å². The molecule has 1 heterocycles. The molecule has 2 rings (SSSR count). The maximum absolute atomic E-state index is 8.75. The molecule has 1 aromatic heterocycles. The third-order valence-electron chi connectivity index (χ3n) is 2.30. The van der Waals surface area contributed by atoms with Crippen LogP contribution in [-0.2, 0) is 6.61 Å². The first-order chi connectivity index (χ1) is 5.81. The molecule has 1 atom stereocenters. The van der Waals surface area contributed by atoms with Gasteiger partial charge in [-0.15, -0.1) is 12.4 Å². The Balaban J connectivity index is 0.000000845. The van der Waals surface area contributed by atoms with Crippen LogP contribution in [0.15, 0.2) is 16.5 Å². The highest BCUT2D eigenvalue weighted by Gasteiger charge is 2.31. The van der Waals surface area contributed by atoms with Crippen LogP contribution in [0.1, 0.15) is 30.4 Å². The second-order valence-corrected chi connectivity index (χ2v) is 3.33. The lowest BCUT2D eigenvalue weighted by atomic mass is 10.1. The van der Waals surface area contributed by atoms with Crippen LogP contribution in [0.2, 0.25) is 0 Å². The van der Waals surface area contributed by atoms with Crippen LogP contribution in [0, 0.1) is 5.92 Å². The third-order valence-corrected chi connectivity index (χ3v) is 2.30. The smallest absolute Gasteiger partial charge is 0.129 e. The predicted octanol–water partition coefficient (Wildman–Crippen LogP) is 1.60. The molecule has 1 saturated carbocycles. The summed E-state index contributed by atoms with van der Waals surface area (Å²) in [6.45, 7) is -0.0443. The Morgan fingerprint density at radius 1 is 1.54 bits per heavy atom. The second kappa shape index (κ2) is 4.13. The van der Waals surface area contributed by atoms with Gasteiger partial charge in [0.05, 0.1) is 6.04 Å². The molecule has 1 aliphatic carbocycles. The Morgan fingerprint density at radius 3 is 2.69 bits per heavy atom. The van der Waals surface area contributed by atoms with Crippen molar-refractivity contribution in [2.75, 3.05) is 0 Å². The average Bonchev–Trinajstić information content (AvgIpc) is 2.82. The van der Waals surface area contributed by atoms with Gasteiger partial charge in [-0.2, -0.15) is 0 Å². The first-order valence-electron chi connectivity index (χ1n) is 4.26. The van der Waals surface area contributed by atoms with Crippen LogP contribution in [0.25, 0.3) is 0 Å². The van der Waals surface area contributed by atoms with Crippen LogP contribution >= 0.6 is 12.4 Å². The van der Waals surface area contributed by atoms with Crippen molar-refractivity contribution in [3.05, 3.63) is 23.7 Å². The number of hydrogen-bond acceptors (Lipinski definition) is 3. The molecule has 0 bridgehead atoms. The van der Waals surface area contributed by atoms with E-state index in [0.29, 0.717) is 11.7 Å². The standard InChI is InChI=1S/C9H13NO2.ClH/c10-9(6-1-2-6)8-4-3-7(5-11)12-8;/h3-4,6,9,11H,1-2,5,10H2;1H/t9-;/m1./s1. The average molecular weight is 204 g/mol. The molecule has 0 spiro atoms. The zero-order valence-electron chi connectivity index (χ0n) is 7.27. The summed E-state index contributed by atoms with van der Waals surface area (Å²) < 4.78 is 5.32. The summed E-state index contributed by atoms with van der Waals surface area (Å²) >= 11 is 0. The summed E-state index contributed by atoms with van der Waals surface area (Å²) in [5.41, 5.74) is 5.89. The molecule has 0 aliphatic heterocycles. The van der Waals surface area contributed by atoms with Crippen LogP contribution in [0.4, 0.5) is 0 Å². The Morgan fingerprint density at radius 2 is 2.23 bits per heavy atom. The summed E-state index contributed by atoms with van der Waals surface area (Å²) in [6.07, 6.45) is 2.41. The van der Waals surface area contributed by atoms with Crippen LogP contribution in [0.3, 0.4) is 0 Å². The van der Waals surface area contributed by atoms with Crippen LogP contribution < -0.4 is 5.73 Å². The second-order valence-electron chi connectivity index (χ2n) is 3.33. The maximum Gasteiger partial charge on any atom is 0.129 e. The highest BCUT2D eigenvalue weighted by Crippen LogP contribution is 2.39. The van der Waals surface area contributed by atoms with E-state index in [1.807, 2.05) is 6.07 Å². The van der Waals surface area contributed by atoms with E-state index in [-0.39, 0.29) is 25.1 Å². The van der Waals surface area contributed by atoms with Crippen molar-refractivity contribution >= 4 is 12.4 Å². The number of rotatable bonds is 3. The number of aliphatic hydroxyl groups is 1. The molecule has 4 heteroatoms. The fraction of sp³-hybridized carbons (Fsp3) is 0.556. The molecule has 0 radical (unpaired) electrons. The monoisotopic (exact) mass is 203 g/mol. The number of aliphatic hydroxyl groups excluding tert-OH is 1. The molecule has 1 aliphatic rings. The Bertz CT molecular complexity index is 270. The van der Waals surface area contributed by atoms with Gasteiger partial charge in [0.2, 0.25) is 0 Å². The van der Waals surface area contributed by atoms with Gasteiger partial charge in [-0.25, -0.2) is 0 Å². The van der Waals surface area contributed by atoms with Crippen molar-refractivity contribution < 1.29 is 9.52 Å². The quantitative estimate of drug-likeness (QED) is 0.785. The minimum absolute atomic E-state index is 0. The zero-order chi connectivity index (χ0) is 8.55. The van der Waals surface area contributed by atoms with Gasteiger partial charge in [0.25, 0.3) is 0 Å². The normalized spacial score (nSPS) is 18.0. The maximum atomic E-state index is 8.75. The lowest BCUT2D eigenvalue weighted by molar-refractivity contribution is 0.240. The predicted molar refractivity (Wildman–Crippen MR) is 51.5 cm³/mol. The molecular formula is C9H14ClNO2. The van der Waals surface area contributed by atoms with Gasteiger partial charge in [0.1, 0.15) is 18.1 Å². The summed E-state index contributed by atoms with van der Waals surface area (Å²) in [5, 5.41) is 8.75. The molecule has 0 saturated heterocycles. The summed E-state index contributed by atoms with van der Waals surface area (Å²) in [4.78, 5) is 0. The highest BCUT2D eigenvalue weighted by molar-refractivity contribution is 5.85. The summed E-state index contributed by atoms with van der Waals surface area (Å²) in [7, 11) is 0. The molecule has 3 nitrogen and oxygen atoms in total. The molecule has 1 aromatic rings. The largest absolute Gasteiger partial charge is 0.462 e. The third kappa shape index (κ3) is 2.24. The number of furan rings is 1. The van der Waals surface area contributed by atoms with E-state index in [4.69, 9.17) is 15.3 Å². The number of halogens is 1. The lowest BCUT2D eigenvalue weighted by Gasteiger charge is -2.04. The molecule has 74 valence electrons. The van der Waals surface area contributed by atoms with Gasteiger partial charge in [-0.1, -0.05) is 0 Å². The Kier molecular flexibility index (Phi) is 3.36. The summed E-state index contributed by atoms with van der Waals surface area (Å²) in [6, 6.07) is 3.66. The van der Waals surface area contributed by atoms with E-state index in [9.17, 15) is 0 Å². The zero-order valence-corrected chi connectivity index (χ0v) is 8.09. The van der Waals surface area contributed by atoms with Crippen molar-refractivity contribution in [3.63, 3.8) is 0 Å². The molecule has 0 amide bonds. The highest BCUT2D eigenvalue weighted by atomic mass is 35.5. The van der Waals surface area contributed by atoms with Gasteiger partial charge in [-0.05, 0) is 30.9 Å². The Hall–Kier alpha value is -0.510. The molecule has 1 fully saturated rings. The fourth-order valence-corrected chi connectivity index (χ4v) is 1.35. The van der Waals surface area contributed by atoms with Crippen LogP contribution in [-0.4, -0.2) is 5.11 Å². The van der Waals surface area contributed by atoms with Crippen LogP contribution in [0.5, 0.6) is 0 Å². The fourth-order valence-electron chi connectivity index (χ4n) is 1.35. The first kappa shape index (κ1) is 10.6. The topological polar surface area (TPSA) is 59.4 Å². The Labute approximate surface area is 83.3 Å². The van der Waals surface area contributed by atoms with E-state index in [0.717, 1.165) is 5.76 Å². The molecular weight excluding hydrogens is 190 g/mol. The van der Waals surface area contributed by atoms with Gasteiger partial charge >= 0.3 is 0 Å². The molecule has 13 heavy (non-hydrogen) atoms. The van der Waals surface area contributed by atoms with E-state index >= 15 is 0 Å². The first-order valence-corrected chi connectivity index (χ1v) is 4.26. The summed E-state index contributed by atoms with van der Waals surface area (Å²) in [5.74, 6) is 2.00. The van der Waals surface area contributed by atoms with Gasteiger partial charge < -0.3 is 15.3 Å². The molecule has 0 unspecified atom stereocenters. The minimum Gasteiger partial charge on any atom is -0.462 e. The van der Waals surface area contributed by atoms with Gasteiger partial charge in [0, 0.05) is 0 Å².